The van der Waals surface area contributed by atoms with E-state index in [1.54, 1.807) is 16.8 Å². The maximum absolute atomic E-state index is 13.4. The number of benzene rings is 3. The van der Waals surface area contributed by atoms with Crippen molar-refractivity contribution in [2.24, 2.45) is 0 Å². The summed E-state index contributed by atoms with van der Waals surface area (Å²) in [5.41, 5.74) is 4.21. The fourth-order valence-corrected chi connectivity index (χ4v) is 3.43. The van der Waals surface area contributed by atoms with Gasteiger partial charge in [0, 0.05) is 5.56 Å². The first-order chi connectivity index (χ1) is 14.1. The van der Waals surface area contributed by atoms with E-state index in [1.165, 1.54) is 23.9 Å². The molecule has 0 aliphatic rings. The summed E-state index contributed by atoms with van der Waals surface area (Å²) in [6, 6.07) is 23.8. The number of aromatic nitrogens is 2. The number of carboxylic acids is 1. The molecule has 1 heterocycles. The van der Waals surface area contributed by atoms with Crippen LogP contribution in [0.15, 0.2) is 85.1 Å². The number of nitrogens with zero attached hydrogens (tertiary/aromatic N) is 2. The van der Waals surface area contributed by atoms with Crippen molar-refractivity contribution in [3.8, 4) is 16.9 Å². The Balaban J connectivity index is 1.77. The third-order valence-electron chi connectivity index (χ3n) is 4.86. The highest BCUT2D eigenvalue weighted by molar-refractivity contribution is 5.95. The lowest BCUT2D eigenvalue weighted by Crippen LogP contribution is -2.06. The molecule has 0 atom stereocenters. The van der Waals surface area contributed by atoms with E-state index in [4.69, 9.17) is 0 Å². The van der Waals surface area contributed by atoms with Crippen LogP contribution in [-0.4, -0.2) is 20.9 Å². The Morgan fingerprint density at radius 1 is 0.897 bits per heavy atom. The molecular formula is C24H19FN2O2. The lowest BCUT2D eigenvalue weighted by Gasteiger charge is -2.14. The zero-order valence-corrected chi connectivity index (χ0v) is 15.6. The minimum Gasteiger partial charge on any atom is -0.478 e. The van der Waals surface area contributed by atoms with Crippen LogP contribution in [0.4, 0.5) is 4.39 Å². The molecule has 4 rings (SSSR count). The highest BCUT2D eigenvalue weighted by atomic mass is 19.1. The zero-order chi connectivity index (χ0) is 20.2. The SMILES string of the molecule is O=C(O)c1cnn(-c2ccccc2CCc2ccccc2)c1-c1ccc(F)cc1. The van der Waals surface area contributed by atoms with Crippen molar-refractivity contribution in [2.75, 3.05) is 0 Å². The van der Waals surface area contributed by atoms with Gasteiger partial charge in [-0.25, -0.2) is 13.9 Å². The summed E-state index contributed by atoms with van der Waals surface area (Å²) in [4.78, 5) is 11.8. The molecule has 4 aromatic rings. The first-order valence-electron chi connectivity index (χ1n) is 9.33. The Morgan fingerprint density at radius 3 is 2.31 bits per heavy atom. The van der Waals surface area contributed by atoms with E-state index >= 15 is 0 Å². The van der Waals surface area contributed by atoms with Gasteiger partial charge in [-0.05, 0) is 54.3 Å². The van der Waals surface area contributed by atoms with E-state index in [2.05, 4.69) is 17.2 Å². The molecule has 1 N–H and O–H groups in total. The van der Waals surface area contributed by atoms with E-state index in [0.29, 0.717) is 11.3 Å². The normalized spacial score (nSPS) is 10.8. The Kier molecular flexibility index (Phi) is 5.20. The van der Waals surface area contributed by atoms with Crippen LogP contribution in [0.1, 0.15) is 21.5 Å². The van der Waals surface area contributed by atoms with Crippen molar-refractivity contribution >= 4 is 5.97 Å². The monoisotopic (exact) mass is 386 g/mol. The summed E-state index contributed by atoms with van der Waals surface area (Å²) in [5.74, 6) is -1.45. The molecule has 0 fully saturated rings. The van der Waals surface area contributed by atoms with Crippen LogP contribution < -0.4 is 0 Å². The van der Waals surface area contributed by atoms with E-state index in [9.17, 15) is 14.3 Å². The van der Waals surface area contributed by atoms with Crippen LogP contribution in [0, 0.1) is 5.82 Å². The highest BCUT2D eigenvalue weighted by Gasteiger charge is 2.20. The molecule has 0 saturated heterocycles. The molecule has 0 saturated carbocycles. The van der Waals surface area contributed by atoms with Gasteiger partial charge in [0.2, 0.25) is 0 Å². The maximum Gasteiger partial charge on any atom is 0.339 e. The van der Waals surface area contributed by atoms with Gasteiger partial charge in [-0.15, -0.1) is 0 Å². The van der Waals surface area contributed by atoms with Crippen molar-refractivity contribution in [3.05, 3.63) is 108 Å². The number of halogens is 1. The second kappa shape index (κ2) is 8.10. The van der Waals surface area contributed by atoms with Crippen LogP contribution in [0.25, 0.3) is 16.9 Å². The number of hydrogen-bond donors (Lipinski definition) is 1. The third kappa shape index (κ3) is 3.94. The van der Waals surface area contributed by atoms with E-state index in [-0.39, 0.29) is 11.4 Å². The molecule has 0 aliphatic heterocycles. The van der Waals surface area contributed by atoms with Crippen LogP contribution in [0.3, 0.4) is 0 Å². The molecule has 0 bridgehead atoms. The van der Waals surface area contributed by atoms with Crippen molar-refractivity contribution in [2.45, 2.75) is 12.8 Å². The van der Waals surface area contributed by atoms with Gasteiger partial charge >= 0.3 is 5.97 Å². The van der Waals surface area contributed by atoms with Crippen LogP contribution >= 0.6 is 0 Å². The van der Waals surface area contributed by atoms with Crippen molar-refractivity contribution in [3.63, 3.8) is 0 Å². The molecular weight excluding hydrogens is 367 g/mol. The number of hydrogen-bond acceptors (Lipinski definition) is 2. The highest BCUT2D eigenvalue weighted by Crippen LogP contribution is 2.29. The van der Waals surface area contributed by atoms with E-state index in [1.807, 2.05) is 42.5 Å². The lowest BCUT2D eigenvalue weighted by atomic mass is 10.0. The summed E-state index contributed by atoms with van der Waals surface area (Å²) in [6.07, 6.45) is 2.98. The van der Waals surface area contributed by atoms with Crippen molar-refractivity contribution in [1.82, 2.24) is 9.78 Å². The fraction of sp³-hybridized carbons (Fsp3) is 0.0833. The fourth-order valence-electron chi connectivity index (χ4n) is 3.43. The summed E-state index contributed by atoms with van der Waals surface area (Å²) in [5, 5.41) is 14.0. The second-order valence-electron chi connectivity index (χ2n) is 6.75. The minimum absolute atomic E-state index is 0.0782. The summed E-state index contributed by atoms with van der Waals surface area (Å²) >= 11 is 0. The minimum atomic E-state index is -1.07. The molecule has 1 aromatic heterocycles. The predicted molar refractivity (Wildman–Crippen MR) is 110 cm³/mol. The molecule has 144 valence electrons. The quantitative estimate of drug-likeness (QED) is 0.498. The van der Waals surface area contributed by atoms with Gasteiger partial charge in [0.15, 0.2) is 0 Å². The van der Waals surface area contributed by atoms with Gasteiger partial charge < -0.3 is 5.11 Å². The van der Waals surface area contributed by atoms with Gasteiger partial charge in [0.1, 0.15) is 11.4 Å². The smallest absolute Gasteiger partial charge is 0.339 e. The lowest BCUT2D eigenvalue weighted by molar-refractivity contribution is 0.0697. The van der Waals surface area contributed by atoms with Gasteiger partial charge in [0.05, 0.1) is 17.6 Å². The standard InChI is InChI=1S/C24H19FN2O2/c25-20-14-12-19(13-15-20)23-21(24(28)29)16-26-27(23)22-9-5-4-8-18(22)11-10-17-6-2-1-3-7-17/h1-9,12-16H,10-11H2,(H,28,29). The van der Waals surface area contributed by atoms with Crippen molar-refractivity contribution < 1.29 is 14.3 Å². The van der Waals surface area contributed by atoms with E-state index < -0.39 is 5.97 Å². The summed E-state index contributed by atoms with van der Waals surface area (Å²) < 4.78 is 15.0. The predicted octanol–water partition coefficient (Wildman–Crippen LogP) is 5.16. The summed E-state index contributed by atoms with van der Waals surface area (Å²) in [6.45, 7) is 0. The van der Waals surface area contributed by atoms with Gasteiger partial charge in [-0.1, -0.05) is 48.5 Å². The first kappa shape index (κ1) is 18.6. The molecule has 0 radical (unpaired) electrons. The van der Waals surface area contributed by atoms with Crippen LogP contribution in [0.5, 0.6) is 0 Å². The van der Waals surface area contributed by atoms with Crippen LogP contribution in [0.2, 0.25) is 0 Å². The average Bonchev–Trinajstić information content (AvgIpc) is 3.19. The third-order valence-corrected chi connectivity index (χ3v) is 4.86. The molecule has 0 unspecified atom stereocenters. The Hall–Kier alpha value is -3.73. The molecule has 0 amide bonds. The Morgan fingerprint density at radius 2 is 1.59 bits per heavy atom. The maximum atomic E-state index is 13.4. The topological polar surface area (TPSA) is 55.1 Å². The van der Waals surface area contributed by atoms with E-state index in [0.717, 1.165) is 24.1 Å². The van der Waals surface area contributed by atoms with Gasteiger partial charge in [-0.3, -0.25) is 0 Å². The molecule has 29 heavy (non-hydrogen) atoms. The van der Waals surface area contributed by atoms with Gasteiger partial charge in [-0.2, -0.15) is 5.10 Å². The first-order valence-corrected chi connectivity index (χ1v) is 9.33. The molecule has 4 nitrogen and oxygen atoms in total. The summed E-state index contributed by atoms with van der Waals surface area (Å²) in [7, 11) is 0. The number of carbonyl (C=O) groups is 1. The Bertz CT molecular complexity index is 1140. The molecule has 5 heteroatoms. The molecule has 3 aromatic carbocycles. The molecule has 0 spiro atoms. The zero-order valence-electron chi connectivity index (χ0n) is 15.6. The number of carboxylic acid groups (broad SMARTS) is 1. The second-order valence-corrected chi connectivity index (χ2v) is 6.75. The van der Waals surface area contributed by atoms with Crippen LogP contribution in [-0.2, 0) is 12.8 Å². The number of para-hydroxylation sites is 1. The van der Waals surface area contributed by atoms with Crippen molar-refractivity contribution in [1.29, 1.82) is 0 Å². The number of aromatic carboxylic acids is 1. The number of rotatable bonds is 6. The number of aryl methyl sites for hydroxylation is 2. The molecule has 0 aliphatic carbocycles. The van der Waals surface area contributed by atoms with Gasteiger partial charge in [0.25, 0.3) is 0 Å². The largest absolute Gasteiger partial charge is 0.478 e. The average molecular weight is 386 g/mol. The Labute approximate surface area is 167 Å².